The van der Waals surface area contributed by atoms with E-state index in [-0.39, 0.29) is 18.4 Å². The minimum Gasteiger partial charge on any atom is -0.467 e. The molecule has 0 saturated carbocycles. The fraction of sp³-hybridized carbons (Fsp3) is 0.280. The van der Waals surface area contributed by atoms with Crippen molar-refractivity contribution in [2.45, 2.75) is 22.7 Å². The summed E-state index contributed by atoms with van der Waals surface area (Å²) >= 11 is 6.96. The molecule has 3 aliphatic rings. The molecule has 3 aliphatic heterocycles. The van der Waals surface area contributed by atoms with Crippen molar-refractivity contribution in [1.29, 1.82) is 0 Å². The highest BCUT2D eigenvalue weighted by molar-refractivity contribution is 8.25. The molecule has 0 N–H and O–H groups in total. The Labute approximate surface area is 210 Å². The Bertz CT molecular complexity index is 1370. The number of furan rings is 1. The van der Waals surface area contributed by atoms with Gasteiger partial charge in [-0.25, -0.2) is 4.39 Å². The standard InChI is InChI=1S/C25H21FN4O3S2/c1-28-14-19(15-5-3-9-27-12-15)25(22(32)30(23(34)35-25)13-17-6-4-10-33-17)24(28)18-11-16(26)7-8-20(18)29(2)21(24)31/h3-12,19H,13-14H2,1-2H3. The number of thioether (sulfide) groups is 1. The molecule has 2 spiro atoms. The van der Waals surface area contributed by atoms with Crippen molar-refractivity contribution in [1.82, 2.24) is 14.8 Å². The minimum atomic E-state index is -1.45. The lowest BCUT2D eigenvalue weighted by Crippen LogP contribution is -2.62. The maximum absolute atomic E-state index is 14.7. The lowest BCUT2D eigenvalue weighted by molar-refractivity contribution is -0.139. The van der Waals surface area contributed by atoms with Crippen LogP contribution in [0, 0.1) is 5.82 Å². The second-order valence-corrected chi connectivity index (χ2v) is 10.9. The Hall–Kier alpha value is -3.08. The van der Waals surface area contributed by atoms with Crippen LogP contribution in [0.2, 0.25) is 0 Å². The maximum atomic E-state index is 14.7. The molecule has 178 valence electrons. The monoisotopic (exact) mass is 508 g/mol. The number of hydrogen-bond donors (Lipinski definition) is 0. The van der Waals surface area contributed by atoms with Crippen LogP contribution in [0.15, 0.2) is 65.5 Å². The third kappa shape index (κ3) is 2.75. The summed E-state index contributed by atoms with van der Waals surface area (Å²) in [6, 6.07) is 11.6. The zero-order valence-corrected chi connectivity index (χ0v) is 20.6. The number of likely N-dealkylation sites (N-methyl/N-ethyl adjacent to an activating group) is 2. The smallest absolute Gasteiger partial charge is 0.254 e. The number of aromatic nitrogens is 1. The average Bonchev–Trinajstić information content (AvgIpc) is 3.57. The summed E-state index contributed by atoms with van der Waals surface area (Å²) in [6.45, 7) is 0.538. The molecule has 2 aromatic heterocycles. The van der Waals surface area contributed by atoms with Crippen LogP contribution >= 0.6 is 24.0 Å². The number of thiocarbonyl (C=S) groups is 1. The number of nitrogens with zero attached hydrogens (tertiary/aromatic N) is 4. The molecule has 2 saturated heterocycles. The second-order valence-electron chi connectivity index (χ2n) is 9.03. The molecule has 0 aliphatic carbocycles. The number of hydrogen-bond acceptors (Lipinski definition) is 7. The molecule has 5 heterocycles. The van der Waals surface area contributed by atoms with Crippen molar-refractivity contribution in [2.75, 3.05) is 25.5 Å². The summed E-state index contributed by atoms with van der Waals surface area (Å²) in [5.74, 6) is -0.885. The van der Waals surface area contributed by atoms with E-state index < -0.39 is 22.0 Å². The molecule has 3 unspecified atom stereocenters. The number of fused-ring (bicyclic) bond motifs is 3. The van der Waals surface area contributed by atoms with E-state index in [1.807, 2.05) is 24.1 Å². The highest BCUT2D eigenvalue weighted by Gasteiger charge is 2.78. The SMILES string of the molecule is CN1C(=O)C2(c3cc(F)ccc31)N(C)CC(c1cccnc1)C21SC(=S)N(Cc2ccco2)C1=O. The van der Waals surface area contributed by atoms with E-state index in [0.29, 0.717) is 27.9 Å². The van der Waals surface area contributed by atoms with Crippen molar-refractivity contribution >= 4 is 45.8 Å². The molecule has 35 heavy (non-hydrogen) atoms. The predicted molar refractivity (Wildman–Crippen MR) is 133 cm³/mol. The molecule has 3 atom stereocenters. The number of anilines is 1. The summed E-state index contributed by atoms with van der Waals surface area (Å²) in [6.07, 6.45) is 4.93. The fourth-order valence-electron chi connectivity index (χ4n) is 5.95. The van der Waals surface area contributed by atoms with Crippen LogP contribution in [0.1, 0.15) is 22.8 Å². The van der Waals surface area contributed by atoms with Crippen molar-refractivity contribution in [3.8, 4) is 0 Å². The number of carbonyl (C=O) groups excluding carboxylic acids is 2. The van der Waals surface area contributed by atoms with Crippen LogP contribution in [-0.2, 0) is 21.7 Å². The molecule has 0 radical (unpaired) electrons. The number of pyridine rings is 1. The number of carbonyl (C=O) groups is 2. The summed E-state index contributed by atoms with van der Waals surface area (Å²) in [5, 5.41) is 0. The summed E-state index contributed by atoms with van der Waals surface area (Å²) in [4.78, 5) is 38.0. The predicted octanol–water partition coefficient (Wildman–Crippen LogP) is 3.51. The van der Waals surface area contributed by atoms with E-state index in [4.69, 9.17) is 16.6 Å². The van der Waals surface area contributed by atoms with E-state index in [2.05, 4.69) is 4.98 Å². The molecule has 2 fully saturated rings. The third-order valence-electron chi connectivity index (χ3n) is 7.39. The highest BCUT2D eigenvalue weighted by Crippen LogP contribution is 2.66. The summed E-state index contributed by atoms with van der Waals surface area (Å²) < 4.78 is 19.2. The number of halogens is 1. The molecule has 2 amide bonds. The van der Waals surface area contributed by atoms with Crippen LogP contribution in [-0.4, -0.2) is 56.3 Å². The molecule has 7 nitrogen and oxygen atoms in total. The Morgan fingerprint density at radius 2 is 2.03 bits per heavy atom. The van der Waals surface area contributed by atoms with Gasteiger partial charge in [-0.15, -0.1) is 0 Å². The van der Waals surface area contributed by atoms with Crippen molar-refractivity contribution in [3.63, 3.8) is 0 Å². The average molecular weight is 509 g/mol. The van der Waals surface area contributed by atoms with Gasteiger partial charge >= 0.3 is 0 Å². The van der Waals surface area contributed by atoms with Gasteiger partial charge < -0.3 is 9.32 Å². The number of amides is 2. The van der Waals surface area contributed by atoms with Crippen LogP contribution in [0.3, 0.4) is 0 Å². The van der Waals surface area contributed by atoms with Crippen LogP contribution in [0.25, 0.3) is 0 Å². The van der Waals surface area contributed by atoms with Gasteiger partial charge in [0, 0.05) is 43.2 Å². The van der Waals surface area contributed by atoms with Crippen LogP contribution in [0.4, 0.5) is 10.1 Å². The second kappa shape index (κ2) is 7.71. The van der Waals surface area contributed by atoms with Crippen molar-refractivity contribution in [3.05, 3.63) is 83.8 Å². The van der Waals surface area contributed by atoms with Gasteiger partial charge in [-0.3, -0.25) is 24.4 Å². The lowest BCUT2D eigenvalue weighted by atomic mass is 9.72. The van der Waals surface area contributed by atoms with Gasteiger partial charge in [-0.1, -0.05) is 30.0 Å². The largest absolute Gasteiger partial charge is 0.467 e. The third-order valence-corrected chi connectivity index (χ3v) is 9.34. The van der Waals surface area contributed by atoms with E-state index in [1.165, 1.54) is 33.7 Å². The quantitative estimate of drug-likeness (QED) is 0.502. The van der Waals surface area contributed by atoms with Crippen molar-refractivity contribution < 1.29 is 18.4 Å². The Balaban J connectivity index is 1.62. The maximum Gasteiger partial charge on any atom is 0.254 e. The van der Waals surface area contributed by atoms with E-state index in [9.17, 15) is 14.0 Å². The molecule has 0 bridgehead atoms. The molecular formula is C25H21FN4O3S2. The lowest BCUT2D eigenvalue weighted by Gasteiger charge is -2.42. The first-order chi connectivity index (χ1) is 16.8. The van der Waals surface area contributed by atoms with E-state index in [1.54, 1.807) is 43.9 Å². The fourth-order valence-corrected chi connectivity index (χ4v) is 8.07. The van der Waals surface area contributed by atoms with Gasteiger partial charge in [0.05, 0.1) is 12.8 Å². The topological polar surface area (TPSA) is 69.9 Å². The molecule has 10 heteroatoms. The van der Waals surface area contributed by atoms with Crippen LogP contribution in [0.5, 0.6) is 0 Å². The first-order valence-corrected chi connectivity index (χ1v) is 12.3. The van der Waals surface area contributed by atoms with Crippen molar-refractivity contribution in [2.24, 2.45) is 0 Å². The normalized spacial score (nSPS) is 28.2. The first-order valence-electron chi connectivity index (χ1n) is 11.1. The zero-order chi connectivity index (χ0) is 24.5. The first kappa shape index (κ1) is 22.4. The van der Waals surface area contributed by atoms with Gasteiger partial charge in [0.25, 0.3) is 5.91 Å². The zero-order valence-electron chi connectivity index (χ0n) is 19.0. The van der Waals surface area contributed by atoms with Gasteiger partial charge in [0.15, 0.2) is 5.54 Å². The highest BCUT2D eigenvalue weighted by atomic mass is 32.2. The van der Waals surface area contributed by atoms with E-state index in [0.717, 1.165) is 5.56 Å². The number of likely N-dealkylation sites (tertiary alicyclic amines) is 1. The minimum absolute atomic E-state index is 0.152. The Kier molecular flexibility index (Phi) is 4.93. The van der Waals surface area contributed by atoms with Gasteiger partial charge in [-0.05, 0) is 49.0 Å². The van der Waals surface area contributed by atoms with Gasteiger partial charge in [0.1, 0.15) is 20.6 Å². The summed E-state index contributed by atoms with van der Waals surface area (Å²) in [5.41, 5.74) is 0.421. The van der Waals surface area contributed by atoms with Gasteiger partial charge in [0.2, 0.25) is 5.91 Å². The molecular weight excluding hydrogens is 487 g/mol. The van der Waals surface area contributed by atoms with E-state index >= 15 is 0 Å². The van der Waals surface area contributed by atoms with Crippen LogP contribution < -0.4 is 4.90 Å². The Morgan fingerprint density at radius 3 is 2.74 bits per heavy atom. The molecule has 6 rings (SSSR count). The Morgan fingerprint density at radius 1 is 1.20 bits per heavy atom. The number of rotatable bonds is 3. The van der Waals surface area contributed by atoms with Gasteiger partial charge in [-0.2, -0.15) is 0 Å². The summed E-state index contributed by atoms with van der Waals surface area (Å²) in [7, 11) is 3.48. The molecule has 3 aromatic rings. The molecule has 1 aromatic carbocycles. The number of benzene rings is 1.